The molecule has 3 aliphatic rings. The predicted octanol–water partition coefficient (Wildman–Crippen LogP) is 2.12. The Morgan fingerprint density at radius 2 is 1.85 bits per heavy atom. The Morgan fingerprint density at radius 1 is 1.03 bits per heavy atom. The Balaban J connectivity index is 1.21. The Kier molecular flexibility index (Phi) is 9.35. The third-order valence-electron chi connectivity index (χ3n) is 7.17. The van der Waals surface area contributed by atoms with Gasteiger partial charge in [0.1, 0.15) is 5.82 Å². The number of piperidine rings is 1. The van der Waals surface area contributed by atoms with Crippen LogP contribution < -0.4 is 10.6 Å². The molecule has 0 bridgehead atoms. The maximum Gasteiger partial charge on any atom is 0.315 e. The standard InChI is InChI=1S/C25H39FN4O3/c26-23-5-3-20(4-6-23)16-21-2-1-9-30(17-21)18-22-7-13-33-19-24(22)28-25(31)27-8-10-29-11-14-32-15-12-29/h3-6,21-22,24H,1-2,7-19H2,(H2,27,28,31). The molecule has 0 spiro atoms. The number of hydrogen-bond donors (Lipinski definition) is 2. The zero-order chi connectivity index (χ0) is 22.9. The second-order valence-corrected chi connectivity index (χ2v) is 9.68. The number of morpholine rings is 1. The van der Waals surface area contributed by atoms with Crippen molar-refractivity contribution < 1.29 is 18.7 Å². The van der Waals surface area contributed by atoms with Crippen molar-refractivity contribution in [3.63, 3.8) is 0 Å². The van der Waals surface area contributed by atoms with Crippen molar-refractivity contribution >= 4 is 6.03 Å². The number of halogens is 1. The molecule has 33 heavy (non-hydrogen) atoms. The van der Waals surface area contributed by atoms with E-state index in [0.717, 1.165) is 71.9 Å². The first-order valence-corrected chi connectivity index (χ1v) is 12.5. The van der Waals surface area contributed by atoms with Crippen molar-refractivity contribution in [1.82, 2.24) is 20.4 Å². The van der Waals surface area contributed by atoms with Crippen LogP contribution in [-0.2, 0) is 15.9 Å². The second-order valence-electron chi connectivity index (χ2n) is 9.68. The van der Waals surface area contributed by atoms with Gasteiger partial charge in [0.05, 0.1) is 25.9 Å². The Labute approximate surface area is 197 Å². The van der Waals surface area contributed by atoms with E-state index in [1.807, 2.05) is 12.1 Å². The van der Waals surface area contributed by atoms with Crippen molar-refractivity contribution in [3.05, 3.63) is 35.6 Å². The molecule has 0 saturated carbocycles. The molecule has 0 aromatic heterocycles. The molecule has 3 unspecified atom stereocenters. The lowest BCUT2D eigenvalue weighted by Gasteiger charge is -2.39. The highest BCUT2D eigenvalue weighted by Gasteiger charge is 2.30. The first-order chi connectivity index (χ1) is 16.2. The van der Waals surface area contributed by atoms with Gasteiger partial charge in [-0.2, -0.15) is 0 Å². The molecule has 4 rings (SSSR count). The fourth-order valence-corrected chi connectivity index (χ4v) is 5.30. The predicted molar refractivity (Wildman–Crippen MR) is 126 cm³/mol. The Morgan fingerprint density at radius 3 is 2.67 bits per heavy atom. The zero-order valence-electron chi connectivity index (χ0n) is 19.6. The second kappa shape index (κ2) is 12.6. The minimum absolute atomic E-state index is 0.0413. The molecule has 0 radical (unpaired) electrons. The topological polar surface area (TPSA) is 66.1 Å². The normalized spacial score (nSPS) is 27.2. The summed E-state index contributed by atoms with van der Waals surface area (Å²) in [7, 11) is 0. The fraction of sp³-hybridized carbons (Fsp3) is 0.720. The van der Waals surface area contributed by atoms with E-state index in [1.54, 1.807) is 12.1 Å². The summed E-state index contributed by atoms with van der Waals surface area (Å²) in [6.07, 6.45) is 4.37. The minimum Gasteiger partial charge on any atom is -0.379 e. The number of rotatable bonds is 8. The molecule has 1 aromatic carbocycles. The quantitative estimate of drug-likeness (QED) is 0.620. The Bertz CT molecular complexity index is 729. The summed E-state index contributed by atoms with van der Waals surface area (Å²) in [5.74, 6) is 0.819. The smallest absolute Gasteiger partial charge is 0.315 e. The number of benzene rings is 1. The molecule has 2 N–H and O–H groups in total. The largest absolute Gasteiger partial charge is 0.379 e. The summed E-state index contributed by atoms with van der Waals surface area (Å²) in [5.41, 5.74) is 1.21. The van der Waals surface area contributed by atoms with E-state index in [4.69, 9.17) is 9.47 Å². The van der Waals surface area contributed by atoms with Crippen LogP contribution in [-0.4, -0.2) is 94.1 Å². The van der Waals surface area contributed by atoms with Gasteiger partial charge in [-0.25, -0.2) is 9.18 Å². The molecular weight excluding hydrogens is 423 g/mol. The number of hydrogen-bond acceptors (Lipinski definition) is 5. The molecule has 8 heteroatoms. The molecule has 184 valence electrons. The van der Waals surface area contributed by atoms with Crippen LogP contribution >= 0.6 is 0 Å². The molecule has 1 aromatic rings. The lowest BCUT2D eigenvalue weighted by Crippen LogP contribution is -2.54. The molecule has 3 aliphatic heterocycles. The molecule has 7 nitrogen and oxygen atoms in total. The first-order valence-electron chi connectivity index (χ1n) is 12.5. The van der Waals surface area contributed by atoms with E-state index < -0.39 is 0 Å². The maximum atomic E-state index is 13.2. The molecule has 0 aliphatic carbocycles. The number of likely N-dealkylation sites (tertiary alicyclic amines) is 1. The Hall–Kier alpha value is -1.74. The SMILES string of the molecule is O=C(NCCN1CCOCC1)NC1COCCC1CN1CCCC(Cc2ccc(F)cc2)C1. The van der Waals surface area contributed by atoms with Crippen molar-refractivity contribution in [2.45, 2.75) is 31.7 Å². The summed E-state index contributed by atoms with van der Waals surface area (Å²) in [4.78, 5) is 17.4. The van der Waals surface area contributed by atoms with Crippen molar-refractivity contribution in [2.75, 3.05) is 72.2 Å². The number of urea groups is 1. The number of amides is 2. The fourth-order valence-electron chi connectivity index (χ4n) is 5.30. The van der Waals surface area contributed by atoms with Gasteiger partial charge >= 0.3 is 6.03 Å². The van der Waals surface area contributed by atoms with Gasteiger partial charge in [-0.3, -0.25) is 4.90 Å². The first kappa shape index (κ1) is 24.4. The van der Waals surface area contributed by atoms with Crippen LogP contribution in [0.3, 0.4) is 0 Å². The lowest BCUT2D eigenvalue weighted by atomic mass is 9.89. The van der Waals surface area contributed by atoms with Gasteiger partial charge in [-0.1, -0.05) is 12.1 Å². The van der Waals surface area contributed by atoms with E-state index in [9.17, 15) is 9.18 Å². The van der Waals surface area contributed by atoms with Crippen LogP contribution in [0.25, 0.3) is 0 Å². The number of nitrogens with one attached hydrogen (secondary N) is 2. The van der Waals surface area contributed by atoms with Crippen LogP contribution in [0.2, 0.25) is 0 Å². The maximum absolute atomic E-state index is 13.2. The highest BCUT2D eigenvalue weighted by Crippen LogP contribution is 2.24. The highest BCUT2D eigenvalue weighted by atomic mass is 19.1. The minimum atomic E-state index is -0.174. The highest BCUT2D eigenvalue weighted by molar-refractivity contribution is 5.74. The summed E-state index contributed by atoms with van der Waals surface area (Å²) < 4.78 is 24.3. The van der Waals surface area contributed by atoms with E-state index in [-0.39, 0.29) is 17.9 Å². The average molecular weight is 463 g/mol. The molecule has 3 fully saturated rings. The molecule has 2 amide bonds. The van der Waals surface area contributed by atoms with Crippen molar-refractivity contribution in [2.24, 2.45) is 11.8 Å². The van der Waals surface area contributed by atoms with Gasteiger partial charge in [0.2, 0.25) is 0 Å². The van der Waals surface area contributed by atoms with Crippen LogP contribution in [0.4, 0.5) is 9.18 Å². The van der Waals surface area contributed by atoms with Gasteiger partial charge in [-0.05, 0) is 61.8 Å². The molecule has 3 atom stereocenters. The molecule has 3 saturated heterocycles. The third kappa shape index (κ3) is 7.91. The zero-order valence-corrected chi connectivity index (χ0v) is 19.6. The molecular formula is C25H39FN4O3. The van der Waals surface area contributed by atoms with E-state index in [0.29, 0.717) is 25.0 Å². The average Bonchev–Trinajstić information content (AvgIpc) is 2.83. The monoisotopic (exact) mass is 462 g/mol. The number of carbonyl (C=O) groups excluding carboxylic acids is 1. The summed E-state index contributed by atoms with van der Waals surface area (Å²) in [5, 5.41) is 6.18. The van der Waals surface area contributed by atoms with Gasteiger partial charge in [0.15, 0.2) is 0 Å². The van der Waals surface area contributed by atoms with Crippen LogP contribution in [0.1, 0.15) is 24.8 Å². The van der Waals surface area contributed by atoms with Crippen molar-refractivity contribution in [1.29, 1.82) is 0 Å². The number of ether oxygens (including phenoxy) is 2. The summed E-state index contributed by atoms with van der Waals surface area (Å²) in [6, 6.07) is 6.87. The van der Waals surface area contributed by atoms with Gasteiger partial charge < -0.3 is 25.0 Å². The van der Waals surface area contributed by atoms with Gasteiger partial charge in [0.25, 0.3) is 0 Å². The van der Waals surface area contributed by atoms with Crippen molar-refractivity contribution in [3.8, 4) is 0 Å². The number of nitrogens with zero attached hydrogens (tertiary/aromatic N) is 2. The van der Waals surface area contributed by atoms with Crippen LogP contribution in [0.5, 0.6) is 0 Å². The molecule has 3 heterocycles. The third-order valence-corrected chi connectivity index (χ3v) is 7.17. The van der Waals surface area contributed by atoms with Crippen LogP contribution in [0.15, 0.2) is 24.3 Å². The summed E-state index contributed by atoms with van der Waals surface area (Å²) >= 11 is 0. The van der Waals surface area contributed by atoms with Gasteiger partial charge in [-0.15, -0.1) is 0 Å². The van der Waals surface area contributed by atoms with E-state index in [1.165, 1.54) is 18.4 Å². The lowest BCUT2D eigenvalue weighted by molar-refractivity contribution is 0.0207. The number of carbonyl (C=O) groups is 1. The van der Waals surface area contributed by atoms with Gasteiger partial charge in [0, 0.05) is 45.9 Å². The van der Waals surface area contributed by atoms with E-state index >= 15 is 0 Å². The van der Waals surface area contributed by atoms with Crippen LogP contribution in [0, 0.1) is 17.7 Å². The summed E-state index contributed by atoms with van der Waals surface area (Å²) in [6.45, 7) is 9.39. The van der Waals surface area contributed by atoms with E-state index in [2.05, 4.69) is 20.4 Å².